The fourth-order valence-corrected chi connectivity index (χ4v) is 2.20. The molecule has 1 aliphatic heterocycles. The molecular weight excluding hydrogens is 274 g/mol. The van der Waals surface area contributed by atoms with Crippen molar-refractivity contribution in [2.45, 2.75) is 12.8 Å². The highest BCUT2D eigenvalue weighted by Gasteiger charge is 2.20. The van der Waals surface area contributed by atoms with Crippen LogP contribution in [0.2, 0.25) is 0 Å². The largest absolute Gasteiger partial charge is 0.383 e. The second-order valence-corrected chi connectivity index (χ2v) is 4.91. The lowest BCUT2D eigenvalue weighted by Gasteiger charge is -2.21. The minimum absolute atomic E-state index is 0.0538. The number of hydrogen-bond donors (Lipinski definition) is 2. The maximum Gasteiger partial charge on any atom is 0.269 e. The fourth-order valence-electron chi connectivity index (χ4n) is 2.20. The van der Waals surface area contributed by atoms with Crippen LogP contribution >= 0.6 is 0 Å². The van der Waals surface area contributed by atoms with Crippen LogP contribution in [-0.4, -0.2) is 37.1 Å². The van der Waals surface area contributed by atoms with Crippen molar-refractivity contribution < 1.29 is 14.5 Å². The molecule has 0 aromatic heterocycles. The lowest BCUT2D eigenvalue weighted by atomic mass is 9.99. The maximum absolute atomic E-state index is 11.9. The number of ether oxygens (including phenoxy) is 1. The summed E-state index contributed by atoms with van der Waals surface area (Å²) in [6.07, 6.45) is 1.56. The second kappa shape index (κ2) is 7.58. The van der Waals surface area contributed by atoms with Gasteiger partial charge in [-0.05, 0) is 25.0 Å². The molecule has 1 aromatic carbocycles. The average molecular weight is 293 g/mol. The number of carbonyl (C=O) groups is 1. The van der Waals surface area contributed by atoms with E-state index in [9.17, 15) is 14.9 Å². The Labute approximate surface area is 122 Å². The molecule has 0 spiro atoms. The summed E-state index contributed by atoms with van der Waals surface area (Å²) in [6.45, 7) is 2.40. The first-order chi connectivity index (χ1) is 10.2. The summed E-state index contributed by atoms with van der Waals surface area (Å²) < 4.78 is 5.22. The molecule has 0 aliphatic carbocycles. The molecule has 1 saturated heterocycles. The van der Waals surface area contributed by atoms with E-state index in [1.165, 1.54) is 12.1 Å². The van der Waals surface area contributed by atoms with Crippen molar-refractivity contribution in [2.24, 2.45) is 5.92 Å². The number of nitro groups is 1. The molecule has 1 aliphatic rings. The molecule has 1 aromatic rings. The number of carbonyl (C=O) groups excluding carboxylic acids is 1. The molecule has 0 saturated carbocycles. The number of rotatable bonds is 6. The van der Waals surface area contributed by atoms with E-state index < -0.39 is 4.92 Å². The predicted octanol–water partition coefficient (Wildman–Crippen LogP) is 1.55. The van der Waals surface area contributed by atoms with Crippen LogP contribution in [0.5, 0.6) is 0 Å². The van der Waals surface area contributed by atoms with Crippen molar-refractivity contribution in [1.29, 1.82) is 0 Å². The summed E-state index contributed by atoms with van der Waals surface area (Å²) in [6, 6.07) is 6.20. The number of amides is 1. The van der Waals surface area contributed by atoms with Gasteiger partial charge in [0.2, 0.25) is 5.91 Å². The minimum Gasteiger partial charge on any atom is -0.383 e. The number of non-ortho nitro benzene ring substituents is 1. The van der Waals surface area contributed by atoms with Gasteiger partial charge >= 0.3 is 0 Å². The SMILES string of the molecule is O=C(NCCNc1ccc([N+](=O)[O-])cc1)C1CCOCC1. The molecule has 1 fully saturated rings. The Balaban J connectivity index is 1.67. The van der Waals surface area contributed by atoms with Crippen molar-refractivity contribution in [3.05, 3.63) is 34.4 Å². The van der Waals surface area contributed by atoms with E-state index in [4.69, 9.17) is 4.74 Å². The topological polar surface area (TPSA) is 93.5 Å². The van der Waals surface area contributed by atoms with Gasteiger partial charge in [0, 0.05) is 50.0 Å². The van der Waals surface area contributed by atoms with Crippen LogP contribution in [0, 0.1) is 16.0 Å². The lowest BCUT2D eigenvalue weighted by molar-refractivity contribution is -0.384. The van der Waals surface area contributed by atoms with Crippen LogP contribution in [0.4, 0.5) is 11.4 Å². The van der Waals surface area contributed by atoms with Crippen LogP contribution in [0.15, 0.2) is 24.3 Å². The highest BCUT2D eigenvalue weighted by atomic mass is 16.6. The van der Waals surface area contributed by atoms with Gasteiger partial charge in [-0.2, -0.15) is 0 Å². The smallest absolute Gasteiger partial charge is 0.269 e. The average Bonchev–Trinajstić information content (AvgIpc) is 2.52. The Morgan fingerprint density at radius 1 is 1.24 bits per heavy atom. The van der Waals surface area contributed by atoms with Gasteiger partial charge in [0.25, 0.3) is 5.69 Å². The lowest BCUT2D eigenvalue weighted by Crippen LogP contribution is -2.36. The van der Waals surface area contributed by atoms with Gasteiger partial charge in [0.1, 0.15) is 0 Å². The molecule has 0 unspecified atom stereocenters. The summed E-state index contributed by atoms with van der Waals surface area (Å²) in [4.78, 5) is 22.0. The number of nitrogens with one attached hydrogen (secondary N) is 2. The number of nitro benzene ring substituents is 1. The van der Waals surface area contributed by atoms with Gasteiger partial charge in [-0.15, -0.1) is 0 Å². The number of anilines is 1. The van der Waals surface area contributed by atoms with Crippen molar-refractivity contribution in [3.63, 3.8) is 0 Å². The van der Waals surface area contributed by atoms with Gasteiger partial charge in [-0.25, -0.2) is 0 Å². The first kappa shape index (κ1) is 15.2. The molecule has 7 heteroatoms. The summed E-state index contributed by atoms with van der Waals surface area (Å²) in [5.74, 6) is 0.127. The Morgan fingerprint density at radius 2 is 1.90 bits per heavy atom. The van der Waals surface area contributed by atoms with E-state index in [-0.39, 0.29) is 17.5 Å². The fraction of sp³-hybridized carbons (Fsp3) is 0.500. The summed E-state index contributed by atoms with van der Waals surface area (Å²) in [5, 5.41) is 16.5. The molecule has 0 bridgehead atoms. The highest BCUT2D eigenvalue weighted by molar-refractivity contribution is 5.78. The standard InChI is InChI=1S/C14H19N3O4/c18-14(11-5-9-21-10-6-11)16-8-7-15-12-1-3-13(4-2-12)17(19)20/h1-4,11,15H,5-10H2,(H,16,18). The van der Waals surface area contributed by atoms with E-state index in [1.807, 2.05) is 0 Å². The molecule has 0 radical (unpaired) electrons. The summed E-state index contributed by atoms with van der Waals surface area (Å²) in [5.41, 5.74) is 0.856. The van der Waals surface area contributed by atoms with Crippen molar-refractivity contribution >= 4 is 17.3 Å². The third-order valence-corrected chi connectivity index (χ3v) is 3.42. The third kappa shape index (κ3) is 4.71. The summed E-state index contributed by atoms with van der Waals surface area (Å²) in [7, 11) is 0. The molecule has 114 valence electrons. The quantitative estimate of drug-likeness (QED) is 0.471. The van der Waals surface area contributed by atoms with E-state index in [2.05, 4.69) is 10.6 Å². The van der Waals surface area contributed by atoms with Crippen LogP contribution in [0.1, 0.15) is 12.8 Å². The van der Waals surface area contributed by atoms with Gasteiger partial charge in [-0.3, -0.25) is 14.9 Å². The van der Waals surface area contributed by atoms with Crippen LogP contribution < -0.4 is 10.6 Å². The molecule has 2 N–H and O–H groups in total. The molecule has 1 heterocycles. The van der Waals surface area contributed by atoms with E-state index in [0.29, 0.717) is 26.3 Å². The third-order valence-electron chi connectivity index (χ3n) is 3.42. The van der Waals surface area contributed by atoms with Crippen LogP contribution in [0.3, 0.4) is 0 Å². The monoisotopic (exact) mass is 293 g/mol. The number of benzene rings is 1. The van der Waals surface area contributed by atoms with E-state index in [1.54, 1.807) is 12.1 Å². The zero-order chi connectivity index (χ0) is 15.1. The van der Waals surface area contributed by atoms with Crippen molar-refractivity contribution in [3.8, 4) is 0 Å². The predicted molar refractivity (Wildman–Crippen MR) is 78.1 cm³/mol. The number of nitrogens with zero attached hydrogens (tertiary/aromatic N) is 1. The van der Waals surface area contributed by atoms with Gasteiger partial charge in [-0.1, -0.05) is 0 Å². The molecule has 2 rings (SSSR count). The molecule has 1 amide bonds. The maximum atomic E-state index is 11.9. The molecule has 7 nitrogen and oxygen atoms in total. The Morgan fingerprint density at radius 3 is 2.52 bits per heavy atom. The Bertz CT molecular complexity index is 483. The van der Waals surface area contributed by atoms with E-state index >= 15 is 0 Å². The van der Waals surface area contributed by atoms with Crippen LogP contribution in [-0.2, 0) is 9.53 Å². The van der Waals surface area contributed by atoms with Gasteiger partial charge in [0.15, 0.2) is 0 Å². The van der Waals surface area contributed by atoms with Gasteiger partial charge < -0.3 is 15.4 Å². The normalized spacial score (nSPS) is 15.4. The summed E-state index contributed by atoms with van der Waals surface area (Å²) >= 11 is 0. The zero-order valence-electron chi connectivity index (χ0n) is 11.7. The zero-order valence-corrected chi connectivity index (χ0v) is 11.7. The first-order valence-electron chi connectivity index (χ1n) is 7.00. The van der Waals surface area contributed by atoms with Crippen molar-refractivity contribution in [1.82, 2.24) is 5.32 Å². The molecular formula is C14H19N3O4. The Kier molecular flexibility index (Phi) is 5.51. The minimum atomic E-state index is -0.433. The molecule has 0 atom stereocenters. The Hall–Kier alpha value is -2.15. The van der Waals surface area contributed by atoms with Crippen LogP contribution in [0.25, 0.3) is 0 Å². The van der Waals surface area contributed by atoms with Crippen molar-refractivity contribution in [2.75, 3.05) is 31.6 Å². The van der Waals surface area contributed by atoms with E-state index in [0.717, 1.165) is 18.5 Å². The molecule has 21 heavy (non-hydrogen) atoms. The first-order valence-corrected chi connectivity index (χ1v) is 7.00. The van der Waals surface area contributed by atoms with Gasteiger partial charge in [0.05, 0.1) is 4.92 Å². The second-order valence-electron chi connectivity index (χ2n) is 4.91. The number of hydrogen-bond acceptors (Lipinski definition) is 5. The highest BCUT2D eigenvalue weighted by Crippen LogP contribution is 2.15.